The van der Waals surface area contributed by atoms with Crippen molar-refractivity contribution in [1.82, 2.24) is 0 Å². The lowest BCUT2D eigenvalue weighted by Crippen LogP contribution is -2.34. The number of ketones is 2. The summed E-state index contributed by atoms with van der Waals surface area (Å²) < 4.78 is 5.12. The molecule has 2 bridgehead atoms. The first-order valence-electron chi connectivity index (χ1n) is 3.48. The second kappa shape index (κ2) is 1.89. The first-order valence-corrected chi connectivity index (χ1v) is 3.48. The van der Waals surface area contributed by atoms with Crippen molar-refractivity contribution in [3.63, 3.8) is 0 Å². The SMILES string of the molecule is O=C1CC(=O)C2CCC1O2. The Kier molecular flexibility index (Phi) is 1.14. The van der Waals surface area contributed by atoms with Gasteiger partial charge in [0.2, 0.25) is 0 Å². The van der Waals surface area contributed by atoms with Crippen LogP contribution >= 0.6 is 0 Å². The molecule has 2 fully saturated rings. The van der Waals surface area contributed by atoms with E-state index in [0.717, 1.165) is 12.8 Å². The van der Waals surface area contributed by atoms with Crippen molar-refractivity contribution in [3.8, 4) is 0 Å². The molecule has 0 spiro atoms. The second-order valence-electron chi connectivity index (χ2n) is 2.80. The molecule has 10 heavy (non-hydrogen) atoms. The Morgan fingerprint density at radius 2 is 1.60 bits per heavy atom. The van der Waals surface area contributed by atoms with Crippen LogP contribution in [-0.4, -0.2) is 23.8 Å². The lowest BCUT2D eigenvalue weighted by atomic mass is 10.1. The van der Waals surface area contributed by atoms with Gasteiger partial charge in [-0.3, -0.25) is 9.59 Å². The van der Waals surface area contributed by atoms with Crippen molar-refractivity contribution in [2.24, 2.45) is 0 Å². The topological polar surface area (TPSA) is 43.4 Å². The molecule has 2 aliphatic rings. The first kappa shape index (κ1) is 6.04. The Balaban J connectivity index is 2.24. The highest BCUT2D eigenvalue weighted by Crippen LogP contribution is 2.27. The molecule has 0 N–H and O–H groups in total. The minimum Gasteiger partial charge on any atom is -0.359 e. The largest absolute Gasteiger partial charge is 0.359 e. The Morgan fingerprint density at radius 1 is 1.10 bits per heavy atom. The highest BCUT2D eigenvalue weighted by atomic mass is 16.5. The number of carbonyl (C=O) groups is 2. The number of Topliss-reactive ketones (excluding diaryl/α,β-unsaturated/α-hetero) is 2. The lowest BCUT2D eigenvalue weighted by Gasteiger charge is -2.16. The summed E-state index contributed by atoms with van der Waals surface area (Å²) in [6.45, 7) is 0. The van der Waals surface area contributed by atoms with Gasteiger partial charge in [-0.2, -0.15) is 0 Å². The molecule has 0 amide bonds. The number of hydrogen-bond acceptors (Lipinski definition) is 3. The smallest absolute Gasteiger partial charge is 0.169 e. The number of hydrogen-bond donors (Lipinski definition) is 0. The molecule has 54 valence electrons. The summed E-state index contributed by atoms with van der Waals surface area (Å²) in [6.07, 6.45) is 1.10. The van der Waals surface area contributed by atoms with Crippen LogP contribution < -0.4 is 0 Å². The fraction of sp³-hybridized carbons (Fsp3) is 0.714. The molecule has 2 saturated heterocycles. The number of carbonyl (C=O) groups excluding carboxylic acids is 2. The quantitative estimate of drug-likeness (QED) is 0.447. The molecule has 0 aromatic heterocycles. The molecular formula is C7H8O3. The standard InChI is InChI=1S/C7H8O3/c8-4-3-5(9)7-2-1-6(4)10-7/h6-7H,1-3H2. The van der Waals surface area contributed by atoms with E-state index >= 15 is 0 Å². The maximum Gasteiger partial charge on any atom is 0.169 e. The van der Waals surface area contributed by atoms with E-state index in [-0.39, 0.29) is 30.2 Å². The average Bonchev–Trinajstić information content (AvgIpc) is 2.28. The van der Waals surface area contributed by atoms with E-state index in [1.807, 2.05) is 0 Å². The zero-order valence-electron chi connectivity index (χ0n) is 5.50. The summed E-state index contributed by atoms with van der Waals surface area (Å²) in [5.41, 5.74) is 0. The van der Waals surface area contributed by atoms with Gasteiger partial charge in [-0.25, -0.2) is 0 Å². The Morgan fingerprint density at radius 3 is 2.10 bits per heavy atom. The molecular weight excluding hydrogens is 132 g/mol. The summed E-state index contributed by atoms with van der Waals surface area (Å²) in [5.74, 6) is -0.0579. The molecule has 2 atom stereocenters. The fourth-order valence-corrected chi connectivity index (χ4v) is 1.51. The van der Waals surface area contributed by atoms with Crippen molar-refractivity contribution < 1.29 is 14.3 Å². The maximum absolute atomic E-state index is 10.9. The van der Waals surface area contributed by atoms with E-state index in [9.17, 15) is 9.59 Å². The van der Waals surface area contributed by atoms with Crippen LogP contribution in [0, 0.1) is 0 Å². The number of rotatable bonds is 0. The van der Waals surface area contributed by atoms with Gasteiger partial charge in [0.15, 0.2) is 11.6 Å². The van der Waals surface area contributed by atoms with Crippen LogP contribution in [0.3, 0.4) is 0 Å². The third-order valence-corrected chi connectivity index (χ3v) is 2.09. The van der Waals surface area contributed by atoms with Gasteiger partial charge in [0.05, 0.1) is 6.42 Å². The molecule has 0 aromatic carbocycles. The average molecular weight is 140 g/mol. The fourth-order valence-electron chi connectivity index (χ4n) is 1.51. The van der Waals surface area contributed by atoms with Crippen LogP contribution in [0.4, 0.5) is 0 Å². The third-order valence-electron chi connectivity index (χ3n) is 2.09. The Hall–Kier alpha value is -0.700. The van der Waals surface area contributed by atoms with Gasteiger partial charge in [0.25, 0.3) is 0 Å². The first-order chi connectivity index (χ1) is 4.77. The molecule has 3 heteroatoms. The maximum atomic E-state index is 10.9. The molecule has 0 aliphatic carbocycles. The van der Waals surface area contributed by atoms with Crippen LogP contribution in [0.25, 0.3) is 0 Å². The second-order valence-corrected chi connectivity index (χ2v) is 2.80. The van der Waals surface area contributed by atoms with Crippen molar-refractivity contribution in [2.45, 2.75) is 31.5 Å². The molecule has 0 aromatic rings. The van der Waals surface area contributed by atoms with Crippen molar-refractivity contribution >= 4 is 11.6 Å². The van der Waals surface area contributed by atoms with Gasteiger partial charge >= 0.3 is 0 Å². The normalized spacial score (nSPS) is 38.8. The van der Waals surface area contributed by atoms with E-state index in [0.29, 0.717) is 0 Å². The van der Waals surface area contributed by atoms with Gasteiger partial charge in [0, 0.05) is 0 Å². The predicted octanol–water partition coefficient (Wildman–Crippen LogP) is 0.0759. The van der Waals surface area contributed by atoms with Crippen LogP contribution in [0.5, 0.6) is 0 Å². The van der Waals surface area contributed by atoms with E-state index in [1.165, 1.54) is 0 Å². The van der Waals surface area contributed by atoms with Gasteiger partial charge in [-0.05, 0) is 12.8 Å². The number of ether oxygens (including phenoxy) is 1. The molecule has 2 heterocycles. The zero-order valence-corrected chi connectivity index (χ0v) is 5.50. The molecule has 2 unspecified atom stereocenters. The third kappa shape index (κ3) is 0.703. The van der Waals surface area contributed by atoms with E-state index in [2.05, 4.69) is 0 Å². The zero-order chi connectivity index (χ0) is 7.14. The molecule has 3 nitrogen and oxygen atoms in total. The van der Waals surface area contributed by atoms with Crippen molar-refractivity contribution in [3.05, 3.63) is 0 Å². The predicted molar refractivity (Wildman–Crippen MR) is 32.5 cm³/mol. The molecule has 2 rings (SSSR count). The lowest BCUT2D eigenvalue weighted by molar-refractivity contribution is -0.147. The van der Waals surface area contributed by atoms with Crippen molar-refractivity contribution in [2.75, 3.05) is 0 Å². The van der Waals surface area contributed by atoms with Gasteiger partial charge in [0.1, 0.15) is 12.2 Å². The molecule has 0 radical (unpaired) electrons. The Bertz CT molecular complexity index is 177. The van der Waals surface area contributed by atoms with E-state index in [4.69, 9.17) is 4.74 Å². The van der Waals surface area contributed by atoms with E-state index in [1.54, 1.807) is 0 Å². The highest BCUT2D eigenvalue weighted by molar-refractivity contribution is 6.05. The van der Waals surface area contributed by atoms with Crippen LogP contribution in [-0.2, 0) is 14.3 Å². The Labute approximate surface area is 58.4 Å². The van der Waals surface area contributed by atoms with Crippen molar-refractivity contribution in [1.29, 1.82) is 0 Å². The highest BCUT2D eigenvalue weighted by Gasteiger charge is 2.40. The summed E-state index contributed by atoms with van der Waals surface area (Å²) in [4.78, 5) is 21.8. The summed E-state index contributed by atoms with van der Waals surface area (Å²) in [7, 11) is 0. The number of fused-ring (bicyclic) bond motifs is 2. The van der Waals surface area contributed by atoms with Crippen LogP contribution in [0.15, 0.2) is 0 Å². The summed E-state index contributed by atoms with van der Waals surface area (Å²) in [6, 6.07) is 0. The minimum absolute atomic E-state index is 0.0289. The minimum atomic E-state index is -0.248. The van der Waals surface area contributed by atoms with Gasteiger partial charge < -0.3 is 4.74 Å². The summed E-state index contributed by atoms with van der Waals surface area (Å²) >= 11 is 0. The van der Waals surface area contributed by atoms with Crippen LogP contribution in [0.1, 0.15) is 19.3 Å². The van der Waals surface area contributed by atoms with Gasteiger partial charge in [-0.15, -0.1) is 0 Å². The molecule has 2 aliphatic heterocycles. The van der Waals surface area contributed by atoms with E-state index < -0.39 is 0 Å². The summed E-state index contributed by atoms with van der Waals surface area (Å²) in [5, 5.41) is 0. The van der Waals surface area contributed by atoms with Crippen LogP contribution in [0.2, 0.25) is 0 Å². The van der Waals surface area contributed by atoms with Gasteiger partial charge in [-0.1, -0.05) is 0 Å². The molecule has 0 saturated carbocycles. The monoisotopic (exact) mass is 140 g/mol.